The highest BCUT2D eigenvalue weighted by molar-refractivity contribution is 6.03. The van der Waals surface area contributed by atoms with E-state index in [9.17, 15) is 4.79 Å². The smallest absolute Gasteiger partial charge is 0.254 e. The SMILES string of the molecule is NC(=O)c1c(-c2ccc3c(c2)C=CCC3)nn(CCO)c1N. The molecule has 1 aromatic heterocycles. The Hall–Kier alpha value is -2.60. The van der Waals surface area contributed by atoms with Crippen LogP contribution in [-0.4, -0.2) is 27.4 Å². The van der Waals surface area contributed by atoms with Crippen LogP contribution in [0.15, 0.2) is 24.3 Å². The molecule has 0 unspecified atom stereocenters. The van der Waals surface area contributed by atoms with Gasteiger partial charge in [-0.05, 0) is 30.0 Å². The van der Waals surface area contributed by atoms with Crippen LogP contribution < -0.4 is 11.5 Å². The molecule has 22 heavy (non-hydrogen) atoms. The first-order chi connectivity index (χ1) is 10.6. The lowest BCUT2D eigenvalue weighted by atomic mass is 9.94. The molecule has 6 nitrogen and oxygen atoms in total. The molecule has 0 saturated carbocycles. The van der Waals surface area contributed by atoms with Crippen LogP contribution in [0.5, 0.6) is 0 Å². The summed E-state index contributed by atoms with van der Waals surface area (Å²) in [6.07, 6.45) is 6.24. The molecule has 5 N–H and O–H groups in total. The molecule has 0 saturated heterocycles. The third-order valence-electron chi connectivity index (χ3n) is 3.85. The van der Waals surface area contributed by atoms with Gasteiger partial charge in [0.25, 0.3) is 5.91 Å². The Morgan fingerprint density at radius 3 is 2.95 bits per heavy atom. The van der Waals surface area contributed by atoms with Crippen LogP contribution in [-0.2, 0) is 13.0 Å². The molecule has 1 heterocycles. The Kier molecular flexibility index (Phi) is 3.68. The third kappa shape index (κ3) is 2.37. The molecule has 114 valence electrons. The van der Waals surface area contributed by atoms with Crippen molar-refractivity contribution in [3.05, 3.63) is 41.0 Å². The lowest BCUT2D eigenvalue weighted by Gasteiger charge is -2.11. The number of nitrogens with two attached hydrogens (primary N) is 2. The largest absolute Gasteiger partial charge is 0.394 e. The van der Waals surface area contributed by atoms with Gasteiger partial charge in [-0.25, -0.2) is 4.68 Å². The van der Waals surface area contributed by atoms with E-state index in [4.69, 9.17) is 16.6 Å². The number of anilines is 1. The van der Waals surface area contributed by atoms with Gasteiger partial charge in [0.1, 0.15) is 17.1 Å². The number of benzene rings is 1. The molecule has 3 rings (SSSR count). The molecule has 0 aliphatic heterocycles. The van der Waals surface area contributed by atoms with Crippen LogP contribution in [0.25, 0.3) is 17.3 Å². The fourth-order valence-electron chi connectivity index (χ4n) is 2.76. The van der Waals surface area contributed by atoms with Crippen LogP contribution in [0.1, 0.15) is 27.9 Å². The molecule has 1 amide bonds. The summed E-state index contributed by atoms with van der Waals surface area (Å²) < 4.78 is 1.41. The van der Waals surface area contributed by atoms with Crippen LogP contribution in [0.3, 0.4) is 0 Å². The zero-order chi connectivity index (χ0) is 15.7. The lowest BCUT2D eigenvalue weighted by Crippen LogP contribution is -2.15. The number of fused-ring (bicyclic) bond motifs is 1. The normalized spacial score (nSPS) is 13.1. The highest BCUT2D eigenvalue weighted by Gasteiger charge is 2.21. The average Bonchev–Trinajstić information content (AvgIpc) is 2.84. The van der Waals surface area contributed by atoms with E-state index in [-0.39, 0.29) is 24.5 Å². The molecule has 0 fully saturated rings. The summed E-state index contributed by atoms with van der Waals surface area (Å²) in [6.45, 7) is 0.105. The van der Waals surface area contributed by atoms with Crippen molar-refractivity contribution >= 4 is 17.8 Å². The summed E-state index contributed by atoms with van der Waals surface area (Å²) in [6, 6.07) is 5.96. The van der Waals surface area contributed by atoms with E-state index in [1.165, 1.54) is 10.2 Å². The maximum Gasteiger partial charge on any atom is 0.254 e. The van der Waals surface area contributed by atoms with E-state index in [0.29, 0.717) is 5.69 Å². The first kappa shape index (κ1) is 14.3. The van der Waals surface area contributed by atoms with Gasteiger partial charge >= 0.3 is 0 Å². The van der Waals surface area contributed by atoms with Gasteiger partial charge in [-0.15, -0.1) is 0 Å². The van der Waals surface area contributed by atoms with Gasteiger partial charge in [0, 0.05) is 5.56 Å². The number of hydrogen-bond acceptors (Lipinski definition) is 4. The van der Waals surface area contributed by atoms with Gasteiger partial charge in [0.2, 0.25) is 0 Å². The summed E-state index contributed by atoms with van der Waals surface area (Å²) in [5.41, 5.74) is 15.2. The van der Waals surface area contributed by atoms with E-state index < -0.39 is 5.91 Å². The Balaban J connectivity index is 2.13. The summed E-state index contributed by atoms with van der Waals surface area (Å²) in [5.74, 6) is -0.435. The Morgan fingerprint density at radius 2 is 2.23 bits per heavy atom. The zero-order valence-electron chi connectivity index (χ0n) is 12.1. The number of nitrogen functional groups attached to an aromatic ring is 1. The number of nitrogens with zero attached hydrogens (tertiary/aromatic N) is 2. The van der Waals surface area contributed by atoms with Crippen molar-refractivity contribution in [3.8, 4) is 11.3 Å². The van der Waals surface area contributed by atoms with Crippen LogP contribution in [0.4, 0.5) is 5.82 Å². The number of hydrogen-bond donors (Lipinski definition) is 3. The molecule has 1 aliphatic rings. The molecule has 2 aromatic rings. The van der Waals surface area contributed by atoms with Gasteiger partial charge in [-0.1, -0.05) is 24.3 Å². The summed E-state index contributed by atoms with van der Waals surface area (Å²) >= 11 is 0. The predicted molar refractivity (Wildman–Crippen MR) is 85.0 cm³/mol. The number of carbonyl (C=O) groups is 1. The maximum atomic E-state index is 11.7. The van der Waals surface area contributed by atoms with Gasteiger partial charge in [-0.3, -0.25) is 4.79 Å². The number of rotatable bonds is 4. The maximum absolute atomic E-state index is 11.7. The van der Waals surface area contributed by atoms with Crippen molar-refractivity contribution in [2.75, 3.05) is 12.3 Å². The molecule has 6 heteroatoms. The van der Waals surface area contributed by atoms with Crippen molar-refractivity contribution < 1.29 is 9.90 Å². The predicted octanol–water partition coefficient (Wildman–Crippen LogP) is 1.18. The second kappa shape index (κ2) is 5.65. The molecular weight excluding hydrogens is 280 g/mol. The molecule has 1 aromatic carbocycles. The minimum Gasteiger partial charge on any atom is -0.394 e. The monoisotopic (exact) mass is 298 g/mol. The molecule has 0 bridgehead atoms. The van der Waals surface area contributed by atoms with E-state index in [0.717, 1.165) is 24.0 Å². The second-order valence-electron chi connectivity index (χ2n) is 5.27. The van der Waals surface area contributed by atoms with Crippen molar-refractivity contribution in [2.45, 2.75) is 19.4 Å². The molecular formula is C16H18N4O2. The van der Waals surface area contributed by atoms with Crippen molar-refractivity contribution in [1.82, 2.24) is 9.78 Å². The van der Waals surface area contributed by atoms with Gasteiger partial charge in [0.05, 0.1) is 13.2 Å². The summed E-state index contributed by atoms with van der Waals surface area (Å²) in [7, 11) is 0. The average molecular weight is 298 g/mol. The summed E-state index contributed by atoms with van der Waals surface area (Å²) in [5, 5.41) is 13.4. The van der Waals surface area contributed by atoms with E-state index in [2.05, 4.69) is 17.3 Å². The topological polar surface area (TPSA) is 107 Å². The molecule has 1 aliphatic carbocycles. The van der Waals surface area contributed by atoms with Crippen LogP contribution >= 0.6 is 0 Å². The highest BCUT2D eigenvalue weighted by Crippen LogP contribution is 2.30. The van der Waals surface area contributed by atoms with Crippen LogP contribution in [0.2, 0.25) is 0 Å². The minimum atomic E-state index is -0.620. The second-order valence-corrected chi connectivity index (χ2v) is 5.27. The Morgan fingerprint density at radius 1 is 1.41 bits per heavy atom. The molecule has 0 atom stereocenters. The summed E-state index contributed by atoms with van der Waals surface area (Å²) in [4.78, 5) is 11.7. The lowest BCUT2D eigenvalue weighted by molar-refractivity contribution is 0.100. The van der Waals surface area contributed by atoms with Crippen LogP contribution in [0, 0.1) is 0 Å². The minimum absolute atomic E-state index is 0.115. The fraction of sp³-hybridized carbons (Fsp3) is 0.250. The van der Waals surface area contributed by atoms with E-state index >= 15 is 0 Å². The van der Waals surface area contributed by atoms with Crippen molar-refractivity contribution in [1.29, 1.82) is 0 Å². The standard InChI is InChI=1S/C16H18N4O2/c17-15-13(16(18)22)14(19-20(15)7-8-21)12-6-5-10-3-1-2-4-11(10)9-12/h2,4-6,9,21H,1,3,7-8,17H2,(H2,18,22). The number of carbonyl (C=O) groups excluding carboxylic acids is 1. The van der Waals surface area contributed by atoms with E-state index in [1.54, 1.807) is 0 Å². The first-order valence-electron chi connectivity index (χ1n) is 7.18. The zero-order valence-corrected chi connectivity index (χ0v) is 12.1. The quantitative estimate of drug-likeness (QED) is 0.787. The Bertz CT molecular complexity index is 762. The number of allylic oxidation sites excluding steroid dienone is 1. The number of aliphatic hydroxyl groups excluding tert-OH is 1. The Labute approximate surface area is 128 Å². The number of primary amides is 1. The van der Waals surface area contributed by atoms with Gasteiger partial charge < -0.3 is 16.6 Å². The number of aliphatic hydroxyl groups is 1. The molecule has 0 radical (unpaired) electrons. The van der Waals surface area contributed by atoms with Crippen molar-refractivity contribution in [3.63, 3.8) is 0 Å². The highest BCUT2D eigenvalue weighted by atomic mass is 16.3. The van der Waals surface area contributed by atoms with E-state index in [1.807, 2.05) is 18.2 Å². The number of aryl methyl sites for hydroxylation is 1. The van der Waals surface area contributed by atoms with Gasteiger partial charge in [0.15, 0.2) is 0 Å². The van der Waals surface area contributed by atoms with Crippen molar-refractivity contribution in [2.24, 2.45) is 5.73 Å². The molecule has 0 spiro atoms. The third-order valence-corrected chi connectivity index (χ3v) is 3.85. The van der Waals surface area contributed by atoms with Gasteiger partial charge in [-0.2, -0.15) is 5.10 Å². The fourth-order valence-corrected chi connectivity index (χ4v) is 2.76. The number of amides is 1. The first-order valence-corrected chi connectivity index (χ1v) is 7.18. The number of aromatic nitrogens is 2.